The third kappa shape index (κ3) is 8.37. The molecule has 0 amide bonds. The Morgan fingerprint density at radius 3 is 1.69 bits per heavy atom. The van der Waals surface area contributed by atoms with Crippen molar-refractivity contribution in [2.24, 2.45) is 5.41 Å². The van der Waals surface area contributed by atoms with Gasteiger partial charge in [0, 0.05) is 5.57 Å². The Morgan fingerprint density at radius 1 is 0.885 bits per heavy atom. The van der Waals surface area contributed by atoms with Crippen molar-refractivity contribution < 1.29 is 19.1 Å². The summed E-state index contributed by atoms with van der Waals surface area (Å²) in [5.41, 5.74) is 0.192. The van der Waals surface area contributed by atoms with Gasteiger partial charge in [-0.3, -0.25) is 4.79 Å². The highest BCUT2D eigenvalue weighted by Gasteiger charge is 2.29. The van der Waals surface area contributed by atoms with Crippen LogP contribution in [0.5, 0.6) is 0 Å². The van der Waals surface area contributed by atoms with Crippen molar-refractivity contribution in [1.82, 2.24) is 0 Å². The summed E-state index contributed by atoms with van der Waals surface area (Å²) in [5.74, 6) is -0.256. The maximum atomic E-state index is 11.7. The predicted molar refractivity (Wildman–Crippen MR) is 105 cm³/mol. The van der Waals surface area contributed by atoms with Crippen LogP contribution in [0.3, 0.4) is 0 Å². The molecule has 2 aliphatic carbocycles. The lowest BCUT2D eigenvalue weighted by atomic mass is 9.90. The van der Waals surface area contributed by atoms with Gasteiger partial charge in [-0.25, -0.2) is 4.79 Å². The molecule has 26 heavy (non-hydrogen) atoms. The van der Waals surface area contributed by atoms with Crippen molar-refractivity contribution in [3.8, 4) is 0 Å². The molecular formula is C22H38O4. The van der Waals surface area contributed by atoms with E-state index in [1.165, 1.54) is 38.5 Å². The lowest BCUT2D eigenvalue weighted by Crippen LogP contribution is -2.31. The summed E-state index contributed by atoms with van der Waals surface area (Å²) in [6.45, 7) is 11.2. The Kier molecular flexibility index (Phi) is 9.97. The van der Waals surface area contributed by atoms with Crippen LogP contribution in [0, 0.1) is 5.41 Å². The minimum absolute atomic E-state index is 0.0214. The van der Waals surface area contributed by atoms with Crippen molar-refractivity contribution in [2.75, 3.05) is 0 Å². The molecule has 0 aromatic heterocycles. The van der Waals surface area contributed by atoms with E-state index in [9.17, 15) is 9.59 Å². The highest BCUT2D eigenvalue weighted by molar-refractivity contribution is 5.87. The quantitative estimate of drug-likeness (QED) is 0.460. The van der Waals surface area contributed by atoms with Crippen LogP contribution < -0.4 is 0 Å². The lowest BCUT2D eigenvalue weighted by molar-refractivity contribution is -0.161. The average molecular weight is 367 g/mol. The monoisotopic (exact) mass is 366 g/mol. The van der Waals surface area contributed by atoms with E-state index in [0.717, 1.165) is 32.1 Å². The molecule has 2 rings (SSSR count). The molecule has 0 aromatic rings. The van der Waals surface area contributed by atoms with Gasteiger partial charge in [0.1, 0.15) is 12.2 Å². The van der Waals surface area contributed by atoms with Crippen molar-refractivity contribution >= 4 is 11.9 Å². The van der Waals surface area contributed by atoms with Crippen LogP contribution in [-0.2, 0) is 19.1 Å². The highest BCUT2D eigenvalue weighted by atomic mass is 16.5. The third-order valence-electron chi connectivity index (χ3n) is 5.44. The van der Waals surface area contributed by atoms with Crippen molar-refractivity contribution in [3.05, 3.63) is 12.2 Å². The third-order valence-corrected chi connectivity index (χ3v) is 5.44. The van der Waals surface area contributed by atoms with Gasteiger partial charge in [-0.2, -0.15) is 0 Å². The van der Waals surface area contributed by atoms with E-state index in [1.807, 2.05) is 20.8 Å². The second kappa shape index (κ2) is 11.4. The first-order chi connectivity index (χ1) is 12.3. The van der Waals surface area contributed by atoms with Gasteiger partial charge in [0.25, 0.3) is 0 Å². The van der Waals surface area contributed by atoms with Gasteiger partial charge in [0.2, 0.25) is 0 Å². The van der Waals surface area contributed by atoms with Crippen LogP contribution >= 0.6 is 0 Å². The first-order valence-corrected chi connectivity index (χ1v) is 10.3. The summed E-state index contributed by atoms with van der Waals surface area (Å²) in [6, 6.07) is 0. The molecule has 2 saturated carbocycles. The zero-order valence-electron chi connectivity index (χ0n) is 17.3. The Morgan fingerprint density at radius 2 is 1.31 bits per heavy atom. The Hall–Kier alpha value is -1.32. The molecule has 0 aromatic carbocycles. The van der Waals surface area contributed by atoms with Gasteiger partial charge in [0.15, 0.2) is 0 Å². The molecule has 0 unspecified atom stereocenters. The largest absolute Gasteiger partial charge is 0.462 e. The van der Waals surface area contributed by atoms with E-state index in [1.54, 1.807) is 6.92 Å². The van der Waals surface area contributed by atoms with Crippen LogP contribution in [0.15, 0.2) is 12.2 Å². The topological polar surface area (TPSA) is 52.6 Å². The smallest absolute Gasteiger partial charge is 0.333 e. The van der Waals surface area contributed by atoms with Crippen molar-refractivity contribution in [2.45, 2.75) is 111 Å². The van der Waals surface area contributed by atoms with Crippen LogP contribution in [0.2, 0.25) is 0 Å². The summed E-state index contributed by atoms with van der Waals surface area (Å²) < 4.78 is 10.7. The predicted octanol–water partition coefficient (Wildman–Crippen LogP) is 5.74. The number of rotatable bonds is 5. The molecule has 0 bridgehead atoms. The van der Waals surface area contributed by atoms with Gasteiger partial charge in [0.05, 0.1) is 5.41 Å². The molecule has 0 atom stereocenters. The molecular weight excluding hydrogens is 328 g/mol. The minimum atomic E-state index is -0.308. The molecule has 150 valence electrons. The first-order valence-electron chi connectivity index (χ1n) is 10.3. The van der Waals surface area contributed by atoms with Gasteiger partial charge >= 0.3 is 11.9 Å². The normalized spacial score (nSPS) is 19.1. The maximum Gasteiger partial charge on any atom is 0.333 e. The Bertz CT molecular complexity index is 455. The summed E-state index contributed by atoms with van der Waals surface area (Å²) in [4.78, 5) is 22.8. The summed E-state index contributed by atoms with van der Waals surface area (Å²) in [5, 5.41) is 0. The van der Waals surface area contributed by atoms with Crippen molar-refractivity contribution in [3.63, 3.8) is 0 Å². The van der Waals surface area contributed by atoms with Gasteiger partial charge in [-0.1, -0.05) is 26.3 Å². The van der Waals surface area contributed by atoms with Crippen molar-refractivity contribution in [1.29, 1.82) is 0 Å². The van der Waals surface area contributed by atoms with E-state index in [2.05, 4.69) is 6.58 Å². The standard InChI is InChI=1S/C12H22O2.C10H16O2/c1-4-12(2,3)11(13)14-10-8-6-5-7-9-10;1-8(2)10(11)12-9-6-4-3-5-7-9/h10H,4-9H2,1-3H3;9H,1,3-7H2,2H3. The number of esters is 2. The van der Waals surface area contributed by atoms with E-state index in [-0.39, 0.29) is 29.6 Å². The lowest BCUT2D eigenvalue weighted by Gasteiger charge is -2.27. The molecule has 2 fully saturated rings. The first kappa shape index (κ1) is 22.7. The molecule has 0 spiro atoms. The number of carbonyl (C=O) groups is 2. The molecule has 4 heteroatoms. The SMILES string of the molecule is C=C(C)C(=O)OC1CCCCC1.CCC(C)(C)C(=O)OC1CCCCC1. The van der Waals surface area contributed by atoms with Gasteiger partial charge in [-0.05, 0) is 78.6 Å². The number of ether oxygens (including phenoxy) is 2. The number of hydrogen-bond acceptors (Lipinski definition) is 4. The minimum Gasteiger partial charge on any atom is -0.462 e. The number of carbonyl (C=O) groups excluding carboxylic acids is 2. The average Bonchev–Trinajstić information content (AvgIpc) is 2.63. The fourth-order valence-electron chi connectivity index (χ4n) is 3.07. The second-order valence-corrected chi connectivity index (χ2v) is 8.35. The van der Waals surface area contributed by atoms with Gasteiger partial charge < -0.3 is 9.47 Å². The van der Waals surface area contributed by atoms with E-state index >= 15 is 0 Å². The second-order valence-electron chi connectivity index (χ2n) is 8.35. The fourth-order valence-corrected chi connectivity index (χ4v) is 3.07. The summed E-state index contributed by atoms with van der Waals surface area (Å²) in [6.07, 6.45) is 12.8. The molecule has 0 aliphatic heterocycles. The van der Waals surface area contributed by atoms with E-state index in [4.69, 9.17) is 9.47 Å². The Balaban J connectivity index is 0.000000263. The van der Waals surface area contributed by atoms with E-state index < -0.39 is 0 Å². The summed E-state index contributed by atoms with van der Waals surface area (Å²) >= 11 is 0. The van der Waals surface area contributed by atoms with Crippen LogP contribution in [0.1, 0.15) is 98.3 Å². The van der Waals surface area contributed by atoms with Crippen LogP contribution in [0.4, 0.5) is 0 Å². The number of hydrogen-bond donors (Lipinski definition) is 0. The molecule has 0 radical (unpaired) electrons. The van der Waals surface area contributed by atoms with Gasteiger partial charge in [-0.15, -0.1) is 0 Å². The molecule has 0 saturated heterocycles. The van der Waals surface area contributed by atoms with Crippen LogP contribution in [-0.4, -0.2) is 24.1 Å². The van der Waals surface area contributed by atoms with Crippen LogP contribution in [0.25, 0.3) is 0 Å². The summed E-state index contributed by atoms with van der Waals surface area (Å²) in [7, 11) is 0. The zero-order valence-corrected chi connectivity index (χ0v) is 17.3. The molecule has 2 aliphatic rings. The molecule has 0 heterocycles. The molecule has 4 nitrogen and oxygen atoms in total. The van der Waals surface area contributed by atoms with E-state index in [0.29, 0.717) is 5.57 Å². The fraction of sp³-hybridized carbons (Fsp3) is 0.818. The zero-order chi connectivity index (χ0) is 19.6. The maximum absolute atomic E-state index is 11.7. The molecule has 0 N–H and O–H groups in total. The Labute approximate surface area is 159 Å². The highest BCUT2D eigenvalue weighted by Crippen LogP contribution is 2.26.